The number of hydrogen-bond donors (Lipinski definition) is 1. The summed E-state index contributed by atoms with van der Waals surface area (Å²) >= 11 is 9.70. The summed E-state index contributed by atoms with van der Waals surface area (Å²) in [7, 11) is 0. The molecule has 0 atom stereocenters. The van der Waals surface area contributed by atoms with Gasteiger partial charge in [-0.2, -0.15) is 0 Å². The Labute approximate surface area is 128 Å². The largest absolute Gasteiger partial charge is 0.313 e. The first-order valence-corrected chi connectivity index (χ1v) is 7.63. The van der Waals surface area contributed by atoms with Crippen LogP contribution in [0.25, 0.3) is 11.1 Å². The molecule has 19 heavy (non-hydrogen) atoms. The van der Waals surface area contributed by atoms with Crippen molar-refractivity contribution in [2.45, 2.75) is 19.9 Å². The highest BCUT2D eigenvalue weighted by molar-refractivity contribution is 9.10. The van der Waals surface area contributed by atoms with Crippen molar-refractivity contribution in [2.24, 2.45) is 0 Å². The first kappa shape index (κ1) is 14.6. The molecular formula is C16H17BrClN. The van der Waals surface area contributed by atoms with E-state index in [9.17, 15) is 0 Å². The van der Waals surface area contributed by atoms with Gasteiger partial charge in [0.15, 0.2) is 0 Å². The molecule has 3 heteroatoms. The number of nitrogens with one attached hydrogen (secondary N) is 1. The van der Waals surface area contributed by atoms with Gasteiger partial charge in [0.05, 0.1) is 0 Å². The van der Waals surface area contributed by atoms with Gasteiger partial charge in [-0.15, -0.1) is 0 Å². The summed E-state index contributed by atoms with van der Waals surface area (Å²) in [6.07, 6.45) is 1.13. The fraction of sp³-hybridized carbons (Fsp3) is 0.250. The summed E-state index contributed by atoms with van der Waals surface area (Å²) in [5.41, 5.74) is 3.55. The van der Waals surface area contributed by atoms with Crippen molar-refractivity contribution in [3.05, 3.63) is 57.5 Å². The molecule has 0 aliphatic heterocycles. The first-order chi connectivity index (χ1) is 9.20. The summed E-state index contributed by atoms with van der Waals surface area (Å²) in [5.74, 6) is 0. The Balaban J connectivity index is 2.22. The van der Waals surface area contributed by atoms with E-state index in [1.165, 1.54) is 11.1 Å². The van der Waals surface area contributed by atoms with Crippen LogP contribution in [0, 0.1) is 0 Å². The zero-order valence-electron chi connectivity index (χ0n) is 10.9. The van der Waals surface area contributed by atoms with Gasteiger partial charge in [0, 0.05) is 16.0 Å². The van der Waals surface area contributed by atoms with E-state index in [1.54, 1.807) is 0 Å². The minimum absolute atomic E-state index is 0.817. The maximum Gasteiger partial charge on any atom is 0.0451 e. The van der Waals surface area contributed by atoms with Crippen LogP contribution in [-0.4, -0.2) is 6.54 Å². The normalized spacial score (nSPS) is 10.7. The van der Waals surface area contributed by atoms with Crippen molar-refractivity contribution >= 4 is 27.5 Å². The summed E-state index contributed by atoms with van der Waals surface area (Å²) < 4.78 is 1.09. The van der Waals surface area contributed by atoms with Crippen LogP contribution in [0.4, 0.5) is 0 Å². The second kappa shape index (κ2) is 7.09. The zero-order chi connectivity index (χ0) is 13.7. The molecule has 0 unspecified atom stereocenters. The third kappa shape index (κ3) is 4.07. The molecule has 0 saturated carbocycles. The summed E-state index contributed by atoms with van der Waals surface area (Å²) in [6.45, 7) is 3.99. The maximum atomic E-state index is 6.24. The quantitative estimate of drug-likeness (QED) is 0.732. The molecule has 1 nitrogen and oxygen atoms in total. The number of halogens is 2. The van der Waals surface area contributed by atoms with Gasteiger partial charge in [0.1, 0.15) is 0 Å². The smallest absolute Gasteiger partial charge is 0.0451 e. The number of hydrogen-bond acceptors (Lipinski definition) is 1. The fourth-order valence-corrected chi connectivity index (χ4v) is 2.38. The molecule has 2 rings (SSSR count). The Morgan fingerprint density at radius 2 is 1.74 bits per heavy atom. The van der Waals surface area contributed by atoms with Gasteiger partial charge in [-0.1, -0.05) is 52.7 Å². The lowest BCUT2D eigenvalue weighted by Gasteiger charge is -2.09. The van der Waals surface area contributed by atoms with Gasteiger partial charge in [0.25, 0.3) is 0 Å². The maximum absolute atomic E-state index is 6.24. The predicted octanol–water partition coefficient (Wildman–Crippen LogP) is 5.27. The minimum Gasteiger partial charge on any atom is -0.313 e. The lowest BCUT2D eigenvalue weighted by molar-refractivity contribution is 0.676. The van der Waals surface area contributed by atoms with Crippen molar-refractivity contribution < 1.29 is 0 Å². The van der Waals surface area contributed by atoms with Crippen molar-refractivity contribution in [3.63, 3.8) is 0 Å². The number of rotatable bonds is 5. The molecule has 2 aromatic carbocycles. The van der Waals surface area contributed by atoms with E-state index in [-0.39, 0.29) is 0 Å². The van der Waals surface area contributed by atoms with Gasteiger partial charge >= 0.3 is 0 Å². The topological polar surface area (TPSA) is 12.0 Å². The van der Waals surface area contributed by atoms with Crippen LogP contribution in [0.15, 0.2) is 46.9 Å². The van der Waals surface area contributed by atoms with Crippen LogP contribution in [-0.2, 0) is 6.54 Å². The highest BCUT2D eigenvalue weighted by Crippen LogP contribution is 2.26. The van der Waals surface area contributed by atoms with Gasteiger partial charge in [-0.3, -0.25) is 0 Å². The van der Waals surface area contributed by atoms with Crippen molar-refractivity contribution in [3.8, 4) is 11.1 Å². The average Bonchev–Trinajstić information content (AvgIpc) is 2.42. The van der Waals surface area contributed by atoms with Crippen LogP contribution >= 0.6 is 27.5 Å². The second-order valence-corrected chi connectivity index (χ2v) is 5.81. The van der Waals surface area contributed by atoms with Crippen LogP contribution in [0.2, 0.25) is 5.02 Å². The van der Waals surface area contributed by atoms with E-state index in [0.29, 0.717) is 0 Å². The molecule has 0 fully saturated rings. The van der Waals surface area contributed by atoms with Crippen LogP contribution in [0.5, 0.6) is 0 Å². The third-order valence-electron chi connectivity index (χ3n) is 2.97. The molecule has 0 spiro atoms. The second-order valence-electron chi connectivity index (χ2n) is 4.49. The lowest BCUT2D eigenvalue weighted by atomic mass is 10.0. The van der Waals surface area contributed by atoms with Gasteiger partial charge in [-0.25, -0.2) is 0 Å². The van der Waals surface area contributed by atoms with E-state index >= 15 is 0 Å². The van der Waals surface area contributed by atoms with Crippen LogP contribution < -0.4 is 5.32 Å². The Morgan fingerprint density at radius 1 is 1.05 bits per heavy atom. The SMILES string of the molecule is CCCNCc1cc(-c2ccc(Br)cc2)ccc1Cl. The number of benzene rings is 2. The minimum atomic E-state index is 0.817. The summed E-state index contributed by atoms with van der Waals surface area (Å²) in [5, 5.41) is 4.21. The fourth-order valence-electron chi connectivity index (χ4n) is 1.93. The molecule has 1 N–H and O–H groups in total. The molecule has 0 aliphatic carbocycles. The van der Waals surface area contributed by atoms with Crippen molar-refractivity contribution in [1.29, 1.82) is 0 Å². The first-order valence-electron chi connectivity index (χ1n) is 6.46. The van der Waals surface area contributed by atoms with Crippen molar-refractivity contribution in [1.82, 2.24) is 5.32 Å². The molecule has 2 aromatic rings. The summed E-state index contributed by atoms with van der Waals surface area (Å²) in [4.78, 5) is 0. The van der Waals surface area contributed by atoms with E-state index < -0.39 is 0 Å². The van der Waals surface area contributed by atoms with Gasteiger partial charge in [0.2, 0.25) is 0 Å². The van der Waals surface area contributed by atoms with Crippen molar-refractivity contribution in [2.75, 3.05) is 6.54 Å². The monoisotopic (exact) mass is 337 g/mol. The van der Waals surface area contributed by atoms with Crippen LogP contribution in [0.1, 0.15) is 18.9 Å². The lowest BCUT2D eigenvalue weighted by Crippen LogP contribution is -2.14. The molecule has 100 valence electrons. The molecule has 0 bridgehead atoms. The predicted molar refractivity (Wildman–Crippen MR) is 86.6 cm³/mol. The third-order valence-corrected chi connectivity index (χ3v) is 3.86. The Morgan fingerprint density at radius 3 is 2.42 bits per heavy atom. The van der Waals surface area contributed by atoms with Gasteiger partial charge in [-0.05, 0) is 53.9 Å². The average molecular weight is 339 g/mol. The molecule has 0 amide bonds. The molecule has 0 aromatic heterocycles. The van der Waals surface area contributed by atoms with E-state index in [2.05, 4.69) is 64.6 Å². The van der Waals surface area contributed by atoms with E-state index in [4.69, 9.17) is 11.6 Å². The van der Waals surface area contributed by atoms with E-state index in [1.807, 2.05) is 6.07 Å². The highest BCUT2D eigenvalue weighted by Gasteiger charge is 2.04. The van der Waals surface area contributed by atoms with Crippen LogP contribution in [0.3, 0.4) is 0 Å². The molecule has 0 heterocycles. The zero-order valence-corrected chi connectivity index (χ0v) is 13.3. The molecule has 0 aliphatic rings. The molecule has 0 saturated heterocycles. The Kier molecular flexibility index (Phi) is 5.44. The Bertz CT molecular complexity index is 537. The highest BCUT2D eigenvalue weighted by atomic mass is 79.9. The van der Waals surface area contributed by atoms with E-state index in [0.717, 1.165) is 34.6 Å². The molecular weight excluding hydrogens is 322 g/mol. The molecule has 0 radical (unpaired) electrons. The van der Waals surface area contributed by atoms with Gasteiger partial charge < -0.3 is 5.32 Å². The summed E-state index contributed by atoms with van der Waals surface area (Å²) in [6, 6.07) is 14.5. The standard InChI is InChI=1S/C16H17BrClN/c1-2-9-19-11-14-10-13(5-8-16(14)18)12-3-6-15(17)7-4-12/h3-8,10,19H,2,9,11H2,1H3. The Hall–Kier alpha value is -0.830.